The maximum Gasteiger partial charge on any atom is 0.124 e. The standard InChI is InChI=1S/C17H29NO2/c1-6-12-18-15(13-20-17(3,4)5)14-10-8-9-11-16(14)19-7-2/h8-11,15,18H,6-7,12-13H2,1-5H3. The van der Waals surface area contributed by atoms with Crippen molar-refractivity contribution in [1.29, 1.82) is 0 Å². The summed E-state index contributed by atoms with van der Waals surface area (Å²) in [5, 5.41) is 3.55. The molecule has 1 aromatic carbocycles. The summed E-state index contributed by atoms with van der Waals surface area (Å²) in [4.78, 5) is 0. The van der Waals surface area contributed by atoms with Crippen LogP contribution >= 0.6 is 0 Å². The van der Waals surface area contributed by atoms with Crippen LogP contribution in [0.15, 0.2) is 24.3 Å². The molecule has 0 amide bonds. The SMILES string of the molecule is CCCNC(COC(C)(C)C)c1ccccc1OCC. The van der Waals surface area contributed by atoms with E-state index in [0.29, 0.717) is 13.2 Å². The highest BCUT2D eigenvalue weighted by Gasteiger charge is 2.19. The molecule has 20 heavy (non-hydrogen) atoms. The van der Waals surface area contributed by atoms with Crippen LogP contribution in [0.5, 0.6) is 5.75 Å². The van der Waals surface area contributed by atoms with Crippen LogP contribution in [0.3, 0.4) is 0 Å². The predicted molar refractivity (Wildman–Crippen MR) is 84.4 cm³/mol. The van der Waals surface area contributed by atoms with Crippen LogP contribution in [0.2, 0.25) is 0 Å². The summed E-state index contributed by atoms with van der Waals surface area (Å²) in [6.45, 7) is 12.7. The normalized spacial score (nSPS) is 13.2. The molecule has 0 heterocycles. The Bertz CT molecular complexity index is 385. The number of hydrogen-bond acceptors (Lipinski definition) is 3. The average Bonchev–Trinajstić information content (AvgIpc) is 2.39. The van der Waals surface area contributed by atoms with E-state index in [4.69, 9.17) is 9.47 Å². The Labute approximate surface area is 123 Å². The molecule has 0 bridgehead atoms. The van der Waals surface area contributed by atoms with Crippen LogP contribution in [-0.2, 0) is 4.74 Å². The molecule has 1 atom stereocenters. The number of nitrogens with one attached hydrogen (secondary N) is 1. The zero-order valence-corrected chi connectivity index (χ0v) is 13.5. The van der Waals surface area contributed by atoms with Crippen molar-refractivity contribution in [3.8, 4) is 5.75 Å². The van der Waals surface area contributed by atoms with E-state index in [2.05, 4.69) is 45.1 Å². The molecule has 1 unspecified atom stereocenters. The van der Waals surface area contributed by atoms with E-state index in [0.717, 1.165) is 18.7 Å². The Balaban J connectivity index is 2.85. The molecule has 0 spiro atoms. The van der Waals surface area contributed by atoms with Gasteiger partial charge in [-0.3, -0.25) is 0 Å². The van der Waals surface area contributed by atoms with Crippen LogP contribution in [0.1, 0.15) is 52.6 Å². The molecule has 0 aliphatic rings. The van der Waals surface area contributed by atoms with E-state index in [1.54, 1.807) is 0 Å². The van der Waals surface area contributed by atoms with Gasteiger partial charge in [-0.15, -0.1) is 0 Å². The van der Waals surface area contributed by atoms with Gasteiger partial charge in [-0.2, -0.15) is 0 Å². The minimum atomic E-state index is -0.132. The zero-order valence-electron chi connectivity index (χ0n) is 13.5. The highest BCUT2D eigenvalue weighted by molar-refractivity contribution is 5.36. The second-order valence-electron chi connectivity index (χ2n) is 5.90. The predicted octanol–water partition coefficient (Wildman–Crippen LogP) is 3.94. The van der Waals surface area contributed by atoms with Gasteiger partial charge >= 0.3 is 0 Å². The highest BCUT2D eigenvalue weighted by atomic mass is 16.5. The minimum absolute atomic E-state index is 0.132. The van der Waals surface area contributed by atoms with Gasteiger partial charge < -0.3 is 14.8 Å². The Morgan fingerprint density at radius 3 is 2.45 bits per heavy atom. The van der Waals surface area contributed by atoms with E-state index in [9.17, 15) is 0 Å². The molecule has 1 N–H and O–H groups in total. The third-order valence-corrected chi connectivity index (χ3v) is 2.92. The van der Waals surface area contributed by atoms with Crippen molar-refractivity contribution in [2.45, 2.75) is 52.7 Å². The Kier molecular flexibility index (Phi) is 7.03. The monoisotopic (exact) mass is 279 g/mol. The second-order valence-corrected chi connectivity index (χ2v) is 5.90. The fourth-order valence-corrected chi connectivity index (χ4v) is 1.97. The van der Waals surface area contributed by atoms with Crippen molar-refractivity contribution in [3.05, 3.63) is 29.8 Å². The molecule has 1 rings (SSSR count). The van der Waals surface area contributed by atoms with Gasteiger partial charge in [0.2, 0.25) is 0 Å². The van der Waals surface area contributed by atoms with E-state index in [1.807, 2.05) is 19.1 Å². The Hall–Kier alpha value is -1.06. The second kappa shape index (κ2) is 8.28. The quantitative estimate of drug-likeness (QED) is 0.782. The number of para-hydroxylation sites is 1. The lowest BCUT2D eigenvalue weighted by Gasteiger charge is -2.26. The summed E-state index contributed by atoms with van der Waals surface area (Å²) in [6, 6.07) is 8.36. The van der Waals surface area contributed by atoms with Gasteiger partial charge in [0.1, 0.15) is 5.75 Å². The Morgan fingerprint density at radius 1 is 1.15 bits per heavy atom. The minimum Gasteiger partial charge on any atom is -0.494 e. The van der Waals surface area contributed by atoms with Crippen LogP contribution < -0.4 is 10.1 Å². The van der Waals surface area contributed by atoms with Crippen LogP contribution in [-0.4, -0.2) is 25.4 Å². The third-order valence-electron chi connectivity index (χ3n) is 2.92. The molecule has 0 radical (unpaired) electrons. The number of benzene rings is 1. The summed E-state index contributed by atoms with van der Waals surface area (Å²) in [5.41, 5.74) is 1.04. The molecule has 1 aromatic rings. The van der Waals surface area contributed by atoms with Crippen LogP contribution in [0.4, 0.5) is 0 Å². The van der Waals surface area contributed by atoms with Gasteiger partial charge in [0.05, 0.1) is 24.9 Å². The molecular weight excluding hydrogens is 250 g/mol. The lowest BCUT2D eigenvalue weighted by atomic mass is 10.1. The molecule has 3 heteroatoms. The lowest BCUT2D eigenvalue weighted by molar-refractivity contribution is -0.0150. The van der Waals surface area contributed by atoms with E-state index in [1.165, 1.54) is 5.56 Å². The zero-order chi connectivity index (χ0) is 15.0. The lowest BCUT2D eigenvalue weighted by Crippen LogP contribution is -2.31. The van der Waals surface area contributed by atoms with Crippen molar-refractivity contribution in [2.24, 2.45) is 0 Å². The van der Waals surface area contributed by atoms with Gasteiger partial charge in [-0.05, 0) is 46.7 Å². The molecule has 0 saturated heterocycles. The number of ether oxygens (including phenoxy) is 2. The molecule has 114 valence electrons. The summed E-state index contributed by atoms with van der Waals surface area (Å²) in [6.07, 6.45) is 1.10. The molecule has 0 saturated carbocycles. The Morgan fingerprint density at radius 2 is 1.85 bits per heavy atom. The van der Waals surface area contributed by atoms with Crippen molar-refractivity contribution in [3.63, 3.8) is 0 Å². The smallest absolute Gasteiger partial charge is 0.124 e. The summed E-state index contributed by atoms with van der Waals surface area (Å²) >= 11 is 0. The first-order valence-corrected chi connectivity index (χ1v) is 7.57. The molecule has 0 fully saturated rings. The summed E-state index contributed by atoms with van der Waals surface area (Å²) in [5.74, 6) is 0.945. The van der Waals surface area contributed by atoms with Crippen molar-refractivity contribution < 1.29 is 9.47 Å². The maximum atomic E-state index is 5.96. The molecule has 0 aliphatic carbocycles. The first kappa shape index (κ1) is 17.0. The van der Waals surface area contributed by atoms with Crippen molar-refractivity contribution in [2.75, 3.05) is 19.8 Å². The van der Waals surface area contributed by atoms with Crippen molar-refractivity contribution in [1.82, 2.24) is 5.32 Å². The number of rotatable bonds is 8. The van der Waals surface area contributed by atoms with E-state index >= 15 is 0 Å². The van der Waals surface area contributed by atoms with Crippen LogP contribution in [0.25, 0.3) is 0 Å². The molecule has 3 nitrogen and oxygen atoms in total. The summed E-state index contributed by atoms with van der Waals surface area (Å²) < 4.78 is 11.7. The van der Waals surface area contributed by atoms with Gasteiger partial charge in [-0.25, -0.2) is 0 Å². The van der Waals surface area contributed by atoms with E-state index in [-0.39, 0.29) is 11.6 Å². The molecular formula is C17H29NO2. The summed E-state index contributed by atoms with van der Waals surface area (Å²) in [7, 11) is 0. The fourth-order valence-electron chi connectivity index (χ4n) is 1.97. The van der Waals surface area contributed by atoms with Gasteiger partial charge in [0.25, 0.3) is 0 Å². The largest absolute Gasteiger partial charge is 0.494 e. The topological polar surface area (TPSA) is 30.5 Å². The first-order valence-electron chi connectivity index (χ1n) is 7.57. The highest BCUT2D eigenvalue weighted by Crippen LogP contribution is 2.26. The molecule has 0 aromatic heterocycles. The maximum absolute atomic E-state index is 5.96. The van der Waals surface area contributed by atoms with E-state index < -0.39 is 0 Å². The third kappa shape index (κ3) is 5.93. The van der Waals surface area contributed by atoms with Crippen molar-refractivity contribution >= 4 is 0 Å². The van der Waals surface area contributed by atoms with Gasteiger partial charge in [0, 0.05) is 5.56 Å². The van der Waals surface area contributed by atoms with Gasteiger partial charge in [0.15, 0.2) is 0 Å². The van der Waals surface area contributed by atoms with Gasteiger partial charge in [-0.1, -0.05) is 25.1 Å². The fraction of sp³-hybridized carbons (Fsp3) is 0.647. The molecule has 0 aliphatic heterocycles. The first-order chi connectivity index (χ1) is 9.48. The van der Waals surface area contributed by atoms with Crippen LogP contribution in [0, 0.1) is 0 Å². The number of hydrogen-bond donors (Lipinski definition) is 1. The average molecular weight is 279 g/mol.